The highest BCUT2D eigenvalue weighted by Gasteiger charge is 2.59. The number of aryl methyl sites for hydroxylation is 1. The molecule has 17 nitrogen and oxygen atoms in total. The fourth-order valence-electron chi connectivity index (χ4n) is 6.16. The Morgan fingerprint density at radius 2 is 1.77 bits per heavy atom. The maximum Gasteiger partial charge on any atom is 0.506 e. The zero-order valence-electron chi connectivity index (χ0n) is 26.5. The molecule has 1 saturated carbocycles. The van der Waals surface area contributed by atoms with Crippen LogP contribution in [-0.4, -0.2) is 128 Å². The summed E-state index contributed by atoms with van der Waals surface area (Å²) in [5.41, 5.74) is 0.787. The summed E-state index contributed by atoms with van der Waals surface area (Å²) in [7, 11) is 0. The van der Waals surface area contributed by atoms with E-state index in [1.54, 1.807) is 15.9 Å². The largest absolute Gasteiger partial charge is 0.506 e. The molecule has 6 rings (SSSR count). The number of piperazine rings is 1. The summed E-state index contributed by atoms with van der Waals surface area (Å²) in [6, 6.07) is 9.90. The molecule has 17 heteroatoms. The second-order valence-corrected chi connectivity index (χ2v) is 12.1. The third kappa shape index (κ3) is 7.61. The summed E-state index contributed by atoms with van der Waals surface area (Å²) < 4.78 is 10.3. The number of unbranched alkanes of at least 4 members (excludes halogenated alkanes) is 1. The number of carbonyl (C=O) groups is 4. The molecule has 1 aromatic carbocycles. The molecule has 3 fully saturated rings. The number of aromatic amines is 1. The fraction of sp³-hybridized carbons (Fsp3) is 0.516. The van der Waals surface area contributed by atoms with E-state index in [1.165, 1.54) is 0 Å². The zero-order chi connectivity index (χ0) is 33.6. The molecule has 4 atom stereocenters. The van der Waals surface area contributed by atoms with Crippen molar-refractivity contribution in [3.63, 3.8) is 0 Å². The van der Waals surface area contributed by atoms with Gasteiger partial charge in [-0.1, -0.05) is 48.9 Å². The topological polar surface area (TPSA) is 209 Å². The number of piperidine rings is 1. The average Bonchev–Trinajstić information content (AvgIpc) is 3.47. The maximum absolute atomic E-state index is 13.9. The van der Waals surface area contributed by atoms with E-state index in [-0.39, 0.29) is 55.5 Å². The summed E-state index contributed by atoms with van der Waals surface area (Å²) in [6.45, 7) is 4.63. The lowest BCUT2D eigenvalue weighted by molar-refractivity contribution is -0.135. The van der Waals surface area contributed by atoms with Crippen LogP contribution in [0.1, 0.15) is 42.5 Å². The molecule has 1 aliphatic carbocycles. The third-order valence-electron chi connectivity index (χ3n) is 8.88. The van der Waals surface area contributed by atoms with Crippen molar-refractivity contribution in [2.75, 3.05) is 50.8 Å². The van der Waals surface area contributed by atoms with E-state index in [4.69, 9.17) is 19.6 Å². The van der Waals surface area contributed by atoms with Gasteiger partial charge in [0.05, 0.1) is 6.61 Å². The summed E-state index contributed by atoms with van der Waals surface area (Å²) >= 11 is 0. The van der Waals surface area contributed by atoms with Gasteiger partial charge in [0.1, 0.15) is 23.7 Å². The minimum absolute atomic E-state index is 0.0549. The van der Waals surface area contributed by atoms with Crippen LogP contribution in [0.4, 0.5) is 15.4 Å². The lowest BCUT2D eigenvalue weighted by Gasteiger charge is -2.36. The lowest BCUT2D eigenvalue weighted by Crippen LogP contribution is -2.56. The first-order valence-electron chi connectivity index (χ1n) is 16.1. The lowest BCUT2D eigenvalue weighted by atomic mass is 10.1. The molecule has 254 valence electrons. The summed E-state index contributed by atoms with van der Waals surface area (Å²) in [5.74, 6) is 0.513. The SMILES string of the molecule is CCCCOC(=O)N1CCN(C(=O)[C@H](CCc2nn[nH]n2)NC(=O)c2cc(N3C[C@@H]4C(OC(=O)O)[C@@H]4C3)nc(-c3ccccc3)n2)CC1. The average molecular weight is 663 g/mol. The first-order valence-corrected chi connectivity index (χ1v) is 16.1. The summed E-state index contributed by atoms with van der Waals surface area (Å²) in [4.78, 5) is 65.7. The maximum atomic E-state index is 13.9. The molecule has 3 N–H and O–H groups in total. The molecule has 4 heterocycles. The number of aromatic nitrogens is 6. The van der Waals surface area contributed by atoms with Gasteiger partial charge in [0, 0.05) is 69.2 Å². The zero-order valence-corrected chi connectivity index (χ0v) is 26.5. The Kier molecular flexibility index (Phi) is 9.91. The van der Waals surface area contributed by atoms with E-state index >= 15 is 0 Å². The number of ether oxygens (including phenoxy) is 2. The second kappa shape index (κ2) is 14.6. The first kappa shape index (κ1) is 32.6. The van der Waals surface area contributed by atoms with Gasteiger partial charge in [-0.3, -0.25) is 9.59 Å². The Bertz CT molecular complexity index is 1590. The van der Waals surface area contributed by atoms with Gasteiger partial charge in [-0.05, 0) is 12.8 Å². The number of rotatable bonds is 12. The molecule has 3 aliphatic rings. The highest BCUT2D eigenvalue weighted by atomic mass is 16.7. The summed E-state index contributed by atoms with van der Waals surface area (Å²) in [6.07, 6.45) is 0.157. The van der Waals surface area contributed by atoms with Gasteiger partial charge in [-0.15, -0.1) is 10.2 Å². The van der Waals surface area contributed by atoms with Crippen molar-refractivity contribution >= 4 is 29.9 Å². The number of amides is 3. The normalized spacial score (nSPS) is 20.5. The van der Waals surface area contributed by atoms with Crippen LogP contribution in [-0.2, 0) is 20.7 Å². The number of benzene rings is 1. The van der Waals surface area contributed by atoms with Crippen molar-refractivity contribution in [3.05, 3.63) is 47.9 Å². The van der Waals surface area contributed by atoms with E-state index in [2.05, 4.69) is 30.9 Å². The van der Waals surface area contributed by atoms with Gasteiger partial charge >= 0.3 is 12.2 Å². The number of anilines is 1. The molecule has 2 aromatic heterocycles. The monoisotopic (exact) mass is 662 g/mol. The smallest absolute Gasteiger partial charge is 0.450 e. The van der Waals surface area contributed by atoms with Gasteiger partial charge in [-0.2, -0.15) is 5.21 Å². The molecule has 0 radical (unpaired) electrons. The molecule has 3 amide bonds. The molecule has 1 unspecified atom stereocenters. The number of H-pyrrole nitrogens is 1. The van der Waals surface area contributed by atoms with Gasteiger partial charge in [0.2, 0.25) is 5.91 Å². The van der Waals surface area contributed by atoms with Crippen molar-refractivity contribution in [2.45, 2.75) is 44.8 Å². The van der Waals surface area contributed by atoms with Crippen molar-refractivity contribution in [1.82, 2.24) is 45.7 Å². The molecule has 0 spiro atoms. The van der Waals surface area contributed by atoms with Crippen molar-refractivity contribution in [3.8, 4) is 11.4 Å². The second-order valence-electron chi connectivity index (χ2n) is 12.1. The molecule has 3 aromatic rings. The number of hydrogen-bond donors (Lipinski definition) is 3. The van der Waals surface area contributed by atoms with E-state index in [0.717, 1.165) is 12.8 Å². The molecule has 2 saturated heterocycles. The van der Waals surface area contributed by atoms with Crippen LogP contribution >= 0.6 is 0 Å². The van der Waals surface area contributed by atoms with Crippen molar-refractivity contribution in [2.24, 2.45) is 11.8 Å². The Balaban J connectivity index is 1.18. The number of nitrogens with zero attached hydrogens (tertiary/aromatic N) is 8. The van der Waals surface area contributed by atoms with Crippen LogP contribution in [0.3, 0.4) is 0 Å². The van der Waals surface area contributed by atoms with Gasteiger partial charge in [-0.25, -0.2) is 19.6 Å². The third-order valence-corrected chi connectivity index (χ3v) is 8.88. The molecule has 2 aliphatic heterocycles. The minimum atomic E-state index is -1.29. The van der Waals surface area contributed by atoms with E-state index in [1.807, 2.05) is 42.2 Å². The van der Waals surface area contributed by atoms with Crippen LogP contribution in [0.2, 0.25) is 0 Å². The molecule has 48 heavy (non-hydrogen) atoms. The van der Waals surface area contributed by atoms with E-state index in [9.17, 15) is 19.2 Å². The standard InChI is InChI=1S/C31H38N10O7/c1-2-3-15-47-30(44)40-13-11-39(12-14-40)29(43)22(9-10-24-35-37-38-36-24)33-28(42)23-16-25(34-27(32-23)19-7-5-4-6-8-19)41-17-20-21(18-41)26(20)48-31(45)46/h4-8,16,20-22,26H,2-3,9-15,17-18H2,1H3,(H,33,42)(H,45,46)(H,35,36,37,38)/t20-,21+,22-,26?/m0/s1. The van der Waals surface area contributed by atoms with Gasteiger partial charge < -0.3 is 34.6 Å². The number of tetrazole rings is 1. The number of hydrogen-bond acceptors (Lipinski definition) is 12. The number of carbonyl (C=O) groups excluding carboxylic acids is 3. The van der Waals surface area contributed by atoms with Crippen LogP contribution in [0.25, 0.3) is 11.4 Å². The Labute approximate surface area is 276 Å². The quantitative estimate of drug-likeness (QED) is 0.186. The first-order chi connectivity index (χ1) is 23.3. The Hall–Kier alpha value is -5.35. The number of carboxylic acid groups (broad SMARTS) is 1. The van der Waals surface area contributed by atoms with Crippen molar-refractivity contribution in [1.29, 1.82) is 0 Å². The Morgan fingerprint density at radius 1 is 1.04 bits per heavy atom. The number of nitrogens with one attached hydrogen (secondary N) is 2. The molecular formula is C31H38N10O7. The van der Waals surface area contributed by atoms with Crippen LogP contribution in [0, 0.1) is 11.8 Å². The van der Waals surface area contributed by atoms with Crippen LogP contribution in [0.5, 0.6) is 0 Å². The predicted molar refractivity (Wildman–Crippen MR) is 168 cm³/mol. The summed E-state index contributed by atoms with van der Waals surface area (Å²) in [5, 5.41) is 25.8. The van der Waals surface area contributed by atoms with Gasteiger partial charge in [0.25, 0.3) is 5.91 Å². The van der Waals surface area contributed by atoms with Gasteiger partial charge in [0.15, 0.2) is 11.6 Å². The molecular weight excluding hydrogens is 624 g/mol. The highest BCUT2D eigenvalue weighted by Crippen LogP contribution is 2.48. The van der Waals surface area contributed by atoms with Crippen molar-refractivity contribution < 1.29 is 33.8 Å². The van der Waals surface area contributed by atoms with Crippen LogP contribution < -0.4 is 10.2 Å². The van der Waals surface area contributed by atoms with E-state index < -0.39 is 24.2 Å². The van der Waals surface area contributed by atoms with Crippen LogP contribution in [0.15, 0.2) is 36.4 Å². The fourth-order valence-corrected chi connectivity index (χ4v) is 6.16. The Morgan fingerprint density at radius 3 is 2.44 bits per heavy atom. The predicted octanol–water partition coefficient (Wildman–Crippen LogP) is 1.60. The number of fused-ring (bicyclic) bond motifs is 1. The molecule has 0 bridgehead atoms. The van der Waals surface area contributed by atoms with E-state index in [0.29, 0.717) is 55.8 Å². The highest BCUT2D eigenvalue weighted by molar-refractivity contribution is 5.97. The minimum Gasteiger partial charge on any atom is -0.450 e.